The summed E-state index contributed by atoms with van der Waals surface area (Å²) in [5, 5.41) is 13.5. The molecule has 0 fully saturated rings. The summed E-state index contributed by atoms with van der Waals surface area (Å²) >= 11 is 16.5. The maximum Gasteiger partial charge on any atom is 0.282 e. The van der Waals surface area contributed by atoms with Gasteiger partial charge in [0.25, 0.3) is 17.5 Å². The number of nitro groups is 1. The SMILES string of the molecule is O=C(NC(=S)NNC(=O)c1ccccc1[N+](=O)[O-])c1cc(Cl)cc(Cl)c1. The zero-order valence-electron chi connectivity index (χ0n) is 12.8. The van der Waals surface area contributed by atoms with Crippen LogP contribution in [0.1, 0.15) is 20.7 Å². The van der Waals surface area contributed by atoms with E-state index < -0.39 is 16.7 Å². The van der Waals surface area contributed by atoms with Crippen molar-refractivity contribution in [1.82, 2.24) is 16.2 Å². The number of hydrogen-bond acceptors (Lipinski definition) is 5. The summed E-state index contributed by atoms with van der Waals surface area (Å²) in [5.41, 5.74) is 4.09. The molecule has 0 heterocycles. The Kier molecular flexibility index (Phi) is 6.45. The minimum atomic E-state index is -0.792. The summed E-state index contributed by atoms with van der Waals surface area (Å²) in [6.07, 6.45) is 0. The molecule has 0 aliphatic rings. The van der Waals surface area contributed by atoms with Gasteiger partial charge in [-0.3, -0.25) is 35.9 Å². The molecule has 0 unspecified atom stereocenters. The van der Waals surface area contributed by atoms with Gasteiger partial charge in [0.15, 0.2) is 5.11 Å². The third-order valence-electron chi connectivity index (χ3n) is 2.99. The van der Waals surface area contributed by atoms with Crippen LogP contribution in [0.5, 0.6) is 0 Å². The lowest BCUT2D eigenvalue weighted by molar-refractivity contribution is -0.385. The van der Waals surface area contributed by atoms with Crippen LogP contribution in [0.15, 0.2) is 42.5 Å². The predicted molar refractivity (Wildman–Crippen MR) is 100 cm³/mol. The fraction of sp³-hybridized carbons (Fsp3) is 0. The van der Waals surface area contributed by atoms with E-state index >= 15 is 0 Å². The second-order valence-electron chi connectivity index (χ2n) is 4.79. The third-order valence-corrected chi connectivity index (χ3v) is 3.63. The molecule has 0 aromatic heterocycles. The Bertz CT molecular complexity index is 887. The summed E-state index contributed by atoms with van der Waals surface area (Å²) in [4.78, 5) is 34.3. The molecule has 0 saturated carbocycles. The summed E-state index contributed by atoms with van der Waals surface area (Å²) in [5.74, 6) is -1.40. The first-order valence-electron chi connectivity index (χ1n) is 6.89. The zero-order chi connectivity index (χ0) is 19.3. The molecule has 0 radical (unpaired) electrons. The minimum absolute atomic E-state index is 0.164. The van der Waals surface area contributed by atoms with E-state index in [1.807, 2.05) is 0 Å². The highest BCUT2D eigenvalue weighted by Crippen LogP contribution is 2.19. The largest absolute Gasteiger partial charge is 0.298 e. The molecule has 11 heteroatoms. The molecule has 134 valence electrons. The van der Waals surface area contributed by atoms with Crippen LogP contribution in [0.3, 0.4) is 0 Å². The third kappa shape index (κ3) is 5.12. The molecule has 8 nitrogen and oxygen atoms in total. The number of para-hydroxylation sites is 1. The van der Waals surface area contributed by atoms with Crippen LogP contribution in [0.2, 0.25) is 10.0 Å². The van der Waals surface area contributed by atoms with Crippen LogP contribution in [0.4, 0.5) is 5.69 Å². The van der Waals surface area contributed by atoms with Gasteiger partial charge in [0.05, 0.1) is 4.92 Å². The van der Waals surface area contributed by atoms with E-state index in [9.17, 15) is 19.7 Å². The van der Waals surface area contributed by atoms with Gasteiger partial charge >= 0.3 is 0 Å². The van der Waals surface area contributed by atoms with Crippen molar-refractivity contribution in [1.29, 1.82) is 0 Å². The Labute approximate surface area is 162 Å². The Morgan fingerprint density at radius 2 is 1.62 bits per heavy atom. The predicted octanol–water partition coefficient (Wildman–Crippen LogP) is 2.85. The fourth-order valence-electron chi connectivity index (χ4n) is 1.90. The van der Waals surface area contributed by atoms with Gasteiger partial charge in [-0.15, -0.1) is 0 Å². The Hall–Kier alpha value is -2.75. The van der Waals surface area contributed by atoms with Crippen LogP contribution < -0.4 is 16.2 Å². The number of benzene rings is 2. The van der Waals surface area contributed by atoms with Crippen molar-refractivity contribution >= 4 is 58.0 Å². The highest BCUT2D eigenvalue weighted by molar-refractivity contribution is 7.80. The highest BCUT2D eigenvalue weighted by Gasteiger charge is 2.19. The summed E-state index contributed by atoms with van der Waals surface area (Å²) in [6.45, 7) is 0. The Morgan fingerprint density at radius 1 is 1.00 bits per heavy atom. The molecule has 0 aliphatic heterocycles. The van der Waals surface area contributed by atoms with E-state index in [0.717, 1.165) is 0 Å². The van der Waals surface area contributed by atoms with Gasteiger partial charge in [-0.05, 0) is 36.5 Å². The van der Waals surface area contributed by atoms with E-state index in [2.05, 4.69) is 16.2 Å². The Balaban J connectivity index is 1.97. The molecule has 0 saturated heterocycles. The van der Waals surface area contributed by atoms with Crippen molar-refractivity contribution in [3.8, 4) is 0 Å². The van der Waals surface area contributed by atoms with Crippen molar-refractivity contribution in [2.75, 3.05) is 0 Å². The van der Waals surface area contributed by atoms with Crippen LogP contribution in [-0.4, -0.2) is 21.9 Å². The van der Waals surface area contributed by atoms with E-state index in [-0.39, 0.29) is 32.0 Å². The van der Waals surface area contributed by atoms with Crippen molar-refractivity contribution in [2.24, 2.45) is 0 Å². The molecule has 26 heavy (non-hydrogen) atoms. The van der Waals surface area contributed by atoms with Crippen molar-refractivity contribution in [3.05, 3.63) is 73.8 Å². The van der Waals surface area contributed by atoms with Gasteiger partial charge in [0.1, 0.15) is 5.56 Å². The van der Waals surface area contributed by atoms with Gasteiger partial charge in [0.2, 0.25) is 0 Å². The van der Waals surface area contributed by atoms with Crippen LogP contribution in [0.25, 0.3) is 0 Å². The average Bonchev–Trinajstić information content (AvgIpc) is 2.58. The quantitative estimate of drug-likeness (QED) is 0.405. The number of carbonyl (C=O) groups excluding carboxylic acids is 2. The Morgan fingerprint density at radius 3 is 2.23 bits per heavy atom. The number of thiocarbonyl (C=S) groups is 1. The van der Waals surface area contributed by atoms with E-state index in [0.29, 0.717) is 0 Å². The second-order valence-corrected chi connectivity index (χ2v) is 6.08. The first-order valence-corrected chi connectivity index (χ1v) is 8.05. The number of hydrazine groups is 1. The lowest BCUT2D eigenvalue weighted by atomic mass is 10.2. The molecule has 2 amide bonds. The highest BCUT2D eigenvalue weighted by atomic mass is 35.5. The summed E-state index contributed by atoms with van der Waals surface area (Å²) < 4.78 is 0. The number of nitrogens with one attached hydrogen (secondary N) is 3. The van der Waals surface area contributed by atoms with Crippen LogP contribution in [0, 0.1) is 10.1 Å². The van der Waals surface area contributed by atoms with Gasteiger partial charge in [-0.2, -0.15) is 0 Å². The van der Waals surface area contributed by atoms with Gasteiger partial charge in [-0.25, -0.2) is 0 Å². The van der Waals surface area contributed by atoms with Gasteiger partial charge < -0.3 is 0 Å². The minimum Gasteiger partial charge on any atom is -0.298 e. The molecule has 2 aromatic carbocycles. The molecular weight excluding hydrogens is 403 g/mol. The number of amides is 2. The monoisotopic (exact) mass is 412 g/mol. The lowest BCUT2D eigenvalue weighted by Crippen LogP contribution is -2.48. The molecule has 0 atom stereocenters. The van der Waals surface area contributed by atoms with Crippen molar-refractivity contribution < 1.29 is 14.5 Å². The lowest BCUT2D eigenvalue weighted by Gasteiger charge is -2.11. The maximum atomic E-state index is 12.1. The van der Waals surface area contributed by atoms with E-state index in [4.69, 9.17) is 35.4 Å². The second kappa shape index (κ2) is 8.56. The normalized spacial score (nSPS) is 9.92. The maximum absolute atomic E-state index is 12.1. The van der Waals surface area contributed by atoms with Crippen LogP contribution in [-0.2, 0) is 0 Å². The summed E-state index contributed by atoms with van der Waals surface area (Å²) in [7, 11) is 0. The van der Waals surface area contributed by atoms with Gasteiger partial charge in [0, 0.05) is 21.7 Å². The molecule has 0 aliphatic carbocycles. The topological polar surface area (TPSA) is 113 Å². The van der Waals surface area contributed by atoms with E-state index in [1.165, 1.54) is 42.5 Å². The zero-order valence-corrected chi connectivity index (χ0v) is 15.1. The average molecular weight is 413 g/mol. The fourth-order valence-corrected chi connectivity index (χ4v) is 2.57. The van der Waals surface area contributed by atoms with Crippen LogP contribution >= 0.6 is 35.4 Å². The molecule has 0 spiro atoms. The molecule has 2 aromatic rings. The number of nitrogens with zero attached hydrogens (tertiary/aromatic N) is 1. The van der Waals surface area contributed by atoms with Crippen molar-refractivity contribution in [3.63, 3.8) is 0 Å². The molecule has 3 N–H and O–H groups in total. The number of carbonyl (C=O) groups is 2. The van der Waals surface area contributed by atoms with Crippen molar-refractivity contribution in [2.45, 2.75) is 0 Å². The molecule has 0 bridgehead atoms. The number of nitro benzene ring substituents is 1. The summed E-state index contributed by atoms with van der Waals surface area (Å²) in [6, 6.07) is 9.62. The number of hydrogen-bond donors (Lipinski definition) is 3. The smallest absolute Gasteiger partial charge is 0.282 e. The number of halogens is 2. The molecule has 2 rings (SSSR count). The first-order chi connectivity index (χ1) is 12.3. The van der Waals surface area contributed by atoms with Gasteiger partial charge in [-0.1, -0.05) is 35.3 Å². The molecular formula is C15H10Cl2N4O4S. The standard InChI is InChI=1S/C15H10Cl2N4O4S/c16-9-5-8(6-10(17)7-9)13(22)18-15(26)20-19-14(23)11-3-1-2-4-12(11)21(24)25/h1-7H,(H,19,23)(H2,18,20,22,26). The van der Waals surface area contributed by atoms with E-state index in [1.54, 1.807) is 0 Å². The number of rotatable bonds is 3. The first kappa shape index (κ1) is 19.6.